The van der Waals surface area contributed by atoms with Crippen molar-refractivity contribution in [2.75, 3.05) is 75.0 Å². The zero-order valence-electron chi connectivity index (χ0n) is 46.6. The van der Waals surface area contributed by atoms with Crippen LogP contribution in [0.25, 0.3) is 33.8 Å². The van der Waals surface area contributed by atoms with E-state index in [1.807, 2.05) is 65.3 Å². The molecule has 0 aliphatic carbocycles. The van der Waals surface area contributed by atoms with E-state index in [-0.39, 0.29) is 16.6 Å². The van der Waals surface area contributed by atoms with Gasteiger partial charge in [-0.2, -0.15) is 13.7 Å². The van der Waals surface area contributed by atoms with Crippen LogP contribution in [0.1, 0.15) is 98.1 Å². The Labute approximate surface area is 457 Å². The molecule has 0 saturated heterocycles. The predicted octanol–water partition coefficient (Wildman–Crippen LogP) is 9.50. The second-order valence-electron chi connectivity index (χ2n) is 23.1. The first-order chi connectivity index (χ1) is 36.8. The van der Waals surface area contributed by atoms with Crippen molar-refractivity contribution in [2.45, 2.75) is 88.1 Å². The van der Waals surface area contributed by atoms with Crippen molar-refractivity contribution in [1.29, 1.82) is 0 Å². The van der Waals surface area contributed by atoms with Gasteiger partial charge in [-0.1, -0.05) is 36.0 Å². The average Bonchev–Trinajstić information content (AvgIpc) is 3.51. The number of aromatic nitrogens is 3. The maximum atomic E-state index is 15.5. The lowest BCUT2D eigenvalue weighted by atomic mass is 9.78. The molecule has 77 heavy (non-hydrogen) atoms. The van der Waals surface area contributed by atoms with Gasteiger partial charge in [0, 0.05) is 161 Å². The zero-order valence-corrected chi connectivity index (χ0v) is 47.4. The highest BCUT2D eigenvalue weighted by atomic mass is 32.2. The quantitative estimate of drug-likeness (QED) is 0.136. The first kappa shape index (κ1) is 50.1. The number of carboxylic acid groups (broad SMARTS) is 1. The van der Waals surface area contributed by atoms with E-state index in [0.29, 0.717) is 11.3 Å². The lowest BCUT2D eigenvalue weighted by molar-refractivity contribution is -0.637. The van der Waals surface area contributed by atoms with Crippen LogP contribution in [0, 0.1) is 0 Å². The van der Waals surface area contributed by atoms with E-state index in [2.05, 4.69) is 185 Å². The van der Waals surface area contributed by atoms with E-state index < -0.39 is 5.97 Å². The van der Waals surface area contributed by atoms with Crippen molar-refractivity contribution in [3.8, 4) is 28.6 Å². The van der Waals surface area contributed by atoms with Gasteiger partial charge in [0.15, 0.2) is 53.2 Å². The first-order valence-electron chi connectivity index (χ1n) is 27.0. The van der Waals surface area contributed by atoms with Crippen molar-refractivity contribution >= 4 is 57.2 Å². The van der Waals surface area contributed by atoms with Gasteiger partial charge in [0.1, 0.15) is 18.0 Å². The number of fused-ring (bicyclic) bond motifs is 4. The maximum absolute atomic E-state index is 15.5. The molecule has 5 aliphatic rings. The number of aromatic carboxylic acids is 1. The monoisotopic (exact) mass is 1040 g/mol. The van der Waals surface area contributed by atoms with Crippen molar-refractivity contribution in [3.05, 3.63) is 178 Å². The van der Waals surface area contributed by atoms with Gasteiger partial charge in [0.05, 0.1) is 22.4 Å². The molecule has 0 fully saturated rings. The fourth-order valence-corrected chi connectivity index (χ4v) is 14.1. The molecular weight excluding hydrogens is 973 g/mol. The molecule has 0 atom stereocenters. The number of carboxylic acids is 1. The summed E-state index contributed by atoms with van der Waals surface area (Å²) in [6, 6.07) is 27.7. The Morgan fingerprint density at radius 3 is 1.79 bits per heavy atom. The molecule has 1 N–H and O–H groups in total. The number of rotatable bonds is 10. The van der Waals surface area contributed by atoms with Crippen LogP contribution in [0.4, 0.5) is 22.7 Å². The third kappa shape index (κ3) is 8.12. The average molecular weight is 1040 g/mol. The lowest BCUT2D eigenvalue weighted by Gasteiger charge is -2.47. The fraction of sp³-hybridized carbons (Fsp3) is 0.308. The van der Waals surface area contributed by atoms with Gasteiger partial charge in [-0.05, 0) is 88.4 Å². The van der Waals surface area contributed by atoms with Crippen LogP contribution in [0.2, 0.25) is 0 Å². The highest BCUT2D eigenvalue weighted by Crippen LogP contribution is 2.54. The molecule has 390 valence electrons. The molecule has 0 saturated carbocycles. The van der Waals surface area contributed by atoms with Gasteiger partial charge >= 0.3 is 11.7 Å². The van der Waals surface area contributed by atoms with Gasteiger partial charge in [-0.3, -0.25) is 0 Å². The molecule has 4 aromatic carbocycles. The van der Waals surface area contributed by atoms with Crippen molar-refractivity contribution < 1.29 is 28.3 Å². The predicted molar refractivity (Wildman–Crippen MR) is 311 cm³/mol. The highest BCUT2D eigenvalue weighted by molar-refractivity contribution is 7.99. The van der Waals surface area contributed by atoms with E-state index in [4.69, 9.17) is 4.74 Å². The summed E-state index contributed by atoms with van der Waals surface area (Å²) in [6.45, 7) is 15.6. The van der Waals surface area contributed by atoms with Crippen LogP contribution in [0.15, 0.2) is 138 Å². The van der Waals surface area contributed by atoms with E-state index in [9.17, 15) is 5.11 Å². The number of anilines is 4. The molecule has 5 aliphatic heterocycles. The summed E-state index contributed by atoms with van der Waals surface area (Å²) in [5.74, 6) is 0.612. The molecule has 11 nitrogen and oxygen atoms in total. The Morgan fingerprint density at radius 1 is 0.649 bits per heavy atom. The normalized spacial score (nSPS) is 16.3. The van der Waals surface area contributed by atoms with Gasteiger partial charge in [-0.25, -0.2) is 9.37 Å². The summed E-state index contributed by atoms with van der Waals surface area (Å²) in [7, 11) is 12.2. The number of ether oxygens (including phenoxy) is 1. The van der Waals surface area contributed by atoms with Gasteiger partial charge < -0.3 is 29.4 Å². The van der Waals surface area contributed by atoms with Crippen LogP contribution >= 0.6 is 11.8 Å². The van der Waals surface area contributed by atoms with Crippen molar-refractivity contribution in [2.24, 2.45) is 0 Å². The van der Waals surface area contributed by atoms with E-state index in [0.717, 1.165) is 116 Å². The Morgan fingerprint density at radius 2 is 1.21 bits per heavy atom. The summed E-state index contributed by atoms with van der Waals surface area (Å²) in [5, 5.41) is 14.8. The summed E-state index contributed by atoms with van der Waals surface area (Å²) in [5.41, 5.74) is 15.5. The number of allylic oxidation sites excluding steroid dienone is 2. The number of carbonyl (C=O) groups is 1. The van der Waals surface area contributed by atoms with Gasteiger partial charge in [0.2, 0.25) is 11.0 Å². The van der Waals surface area contributed by atoms with Crippen molar-refractivity contribution in [3.63, 3.8) is 0 Å². The van der Waals surface area contributed by atoms with Gasteiger partial charge in [0.25, 0.3) is 5.69 Å². The Hall–Kier alpha value is -7.70. The fourth-order valence-electron chi connectivity index (χ4n) is 13.0. The number of benzene rings is 4. The largest absolute Gasteiger partial charge is 0.477 e. The molecule has 12 heteroatoms. The van der Waals surface area contributed by atoms with Crippen LogP contribution in [-0.2, 0) is 12.8 Å². The summed E-state index contributed by atoms with van der Waals surface area (Å²) < 4.78 is 16.6. The summed E-state index contributed by atoms with van der Waals surface area (Å²) in [4.78, 5) is 26.2. The molecule has 0 spiro atoms. The van der Waals surface area contributed by atoms with Gasteiger partial charge in [-0.15, -0.1) is 0 Å². The van der Waals surface area contributed by atoms with Crippen LogP contribution in [0.3, 0.4) is 0 Å². The third-order valence-corrected chi connectivity index (χ3v) is 17.6. The molecule has 0 bridgehead atoms. The molecule has 12 rings (SSSR count). The first-order valence-corrected chi connectivity index (χ1v) is 27.8. The molecule has 0 radical (unpaired) electrons. The minimum Gasteiger partial charge on any atom is -0.477 e. The highest BCUT2D eigenvalue weighted by Gasteiger charge is 2.48. The molecule has 7 aromatic rings. The van der Waals surface area contributed by atoms with Crippen LogP contribution < -0.4 is 53.2 Å². The minimum absolute atomic E-state index is 0.181. The second-order valence-corrected chi connectivity index (χ2v) is 24.2. The van der Waals surface area contributed by atoms with Crippen molar-refractivity contribution in [1.82, 2.24) is 4.58 Å². The molecule has 8 heterocycles. The Balaban J connectivity index is 1.36. The summed E-state index contributed by atoms with van der Waals surface area (Å²) in [6.07, 6.45) is 20.8. The minimum atomic E-state index is -1.04. The lowest BCUT2D eigenvalue weighted by Crippen LogP contribution is -2.53. The zero-order chi connectivity index (χ0) is 54.0. The SMILES string of the molecule is CC1=CC(C)(C)N2CCCc3c4c(cc1c32)C(c1c(C(=O)O)c(-[n+]2ccc(N(C)C)cc2)c(-[n+]2ccc(N(C)C)cc2)c(Sc2ccccc2)c1-[n+]1ccc(N(C)C)cc1)=c1cc2c3c(c1O4)CCC[N+]=3C(C)(C)C=C2C. The number of hydrogen-bond acceptors (Lipinski definition) is 7. The van der Waals surface area contributed by atoms with Crippen LogP contribution in [0.5, 0.6) is 11.5 Å². The topological polar surface area (TPSA) is 74.1 Å². The Bertz CT molecular complexity index is 3820. The van der Waals surface area contributed by atoms with E-state index in [1.165, 1.54) is 33.3 Å². The number of nitrogens with zero attached hydrogens (tertiary/aromatic N) is 8. The van der Waals surface area contributed by atoms with E-state index in [1.54, 1.807) is 11.8 Å². The van der Waals surface area contributed by atoms with Crippen LogP contribution in [-0.4, -0.2) is 77.5 Å². The third-order valence-electron chi connectivity index (χ3n) is 16.5. The Kier molecular flexibility index (Phi) is 12.0. The standard InChI is InChI=1S/C65H69N8O3S/c1-40-38-64(3,4)72-28-16-20-46-55(72)48(40)36-50-52(51-37-49-41(2)39-65(5,6)73-29-17-21-47(56(49)73)61(51)76-60(46)50)53-54(63(74)75)57(69-30-22-42(23-31-69)66(7)8)59(71-34-26-44(27-35-71)68(11)12)62(77-45-18-14-13-15-19-45)58(53)70-32-24-43(25-33-70)67(9)10/h13-15,18-19,22-27,30-39H,16-17,20-21,28-29H2,1-12H3/q+3/p+1. The molecule has 0 unspecified atom stereocenters. The number of pyridine rings is 3. The summed E-state index contributed by atoms with van der Waals surface area (Å²) >= 11 is 1.66. The number of hydrogen-bond donors (Lipinski definition) is 1. The smallest absolute Gasteiger partial charge is 0.343 e. The molecule has 0 amide bonds. The molecule has 3 aromatic heterocycles. The second kappa shape index (κ2) is 18.5. The van der Waals surface area contributed by atoms with E-state index >= 15 is 4.79 Å². The maximum Gasteiger partial charge on any atom is 0.343 e. The molecular formula is C65H70N8O3S+4.